The topological polar surface area (TPSA) is 98.7 Å². The smallest absolute Gasteiger partial charge is 0.326 e. The van der Waals surface area contributed by atoms with E-state index in [4.69, 9.17) is 0 Å². The van der Waals surface area contributed by atoms with E-state index in [-0.39, 0.29) is 24.4 Å². The number of fused-ring (bicyclic) bond motifs is 1. The van der Waals surface area contributed by atoms with Gasteiger partial charge in [-0.25, -0.2) is 4.79 Å². The van der Waals surface area contributed by atoms with Gasteiger partial charge in [-0.1, -0.05) is 105 Å². The largest absolute Gasteiger partial charge is 0.480 e. The van der Waals surface area contributed by atoms with Gasteiger partial charge < -0.3 is 15.7 Å². The van der Waals surface area contributed by atoms with Crippen LogP contribution >= 0.6 is 11.8 Å². The van der Waals surface area contributed by atoms with E-state index in [1.165, 1.54) is 0 Å². The summed E-state index contributed by atoms with van der Waals surface area (Å²) in [5.74, 6) is -0.611. The summed E-state index contributed by atoms with van der Waals surface area (Å²) < 4.78 is 0. The summed E-state index contributed by atoms with van der Waals surface area (Å²) in [5, 5.41) is 18.0. The van der Waals surface area contributed by atoms with Crippen LogP contribution in [0, 0.1) is 5.92 Å². The first-order chi connectivity index (χ1) is 22.2. The summed E-state index contributed by atoms with van der Waals surface area (Å²) in [6.07, 6.45) is 3.62. The molecule has 0 saturated heterocycles. The minimum absolute atomic E-state index is 0.00132. The van der Waals surface area contributed by atoms with Crippen molar-refractivity contribution < 1.29 is 19.5 Å². The predicted octanol–water partition coefficient (Wildman–Crippen LogP) is 6.40. The average Bonchev–Trinajstić information content (AvgIpc) is 3.03. The van der Waals surface area contributed by atoms with Gasteiger partial charge in [0.25, 0.3) is 5.91 Å². The summed E-state index contributed by atoms with van der Waals surface area (Å²) in [6, 6.07) is 30.9. The summed E-state index contributed by atoms with van der Waals surface area (Å²) >= 11 is 1.55. The molecule has 0 fully saturated rings. The lowest BCUT2D eigenvalue weighted by atomic mass is 9.98. The molecule has 0 aliphatic rings. The fourth-order valence-corrected chi connectivity index (χ4v) is 6.30. The lowest BCUT2D eigenvalue weighted by Crippen LogP contribution is -2.49. The van der Waals surface area contributed by atoms with Crippen molar-refractivity contribution in [3.05, 3.63) is 119 Å². The molecule has 242 valence electrons. The van der Waals surface area contributed by atoms with Crippen molar-refractivity contribution in [2.24, 2.45) is 5.92 Å². The molecule has 0 spiro atoms. The van der Waals surface area contributed by atoms with Crippen LogP contribution in [0.5, 0.6) is 0 Å². The number of thioether (sulfide) groups is 1. The number of rotatable bonds is 17. The van der Waals surface area contributed by atoms with Crippen LogP contribution in [0.4, 0.5) is 0 Å². The van der Waals surface area contributed by atoms with Crippen molar-refractivity contribution in [3.63, 3.8) is 0 Å². The van der Waals surface area contributed by atoms with Crippen LogP contribution in [0.1, 0.15) is 53.7 Å². The Kier molecular flexibility index (Phi) is 13.2. The predicted molar refractivity (Wildman–Crippen MR) is 188 cm³/mol. The normalized spacial score (nSPS) is 12.6. The molecular weight excluding hydrogens is 595 g/mol. The quantitative estimate of drug-likeness (QED) is 0.124. The Morgan fingerprint density at radius 3 is 2.24 bits per heavy atom. The Morgan fingerprint density at radius 2 is 1.50 bits per heavy atom. The third-order valence-electron chi connectivity index (χ3n) is 7.95. The maximum absolute atomic E-state index is 13.8. The van der Waals surface area contributed by atoms with E-state index in [1.807, 2.05) is 71.8 Å². The van der Waals surface area contributed by atoms with Gasteiger partial charge in [-0.2, -0.15) is 11.8 Å². The fraction of sp³-hybridized carbons (Fsp3) is 0.342. The molecule has 2 atom stereocenters. The van der Waals surface area contributed by atoms with E-state index in [0.717, 1.165) is 27.5 Å². The number of carbonyl (C=O) groups is 3. The van der Waals surface area contributed by atoms with E-state index in [1.54, 1.807) is 11.8 Å². The fourth-order valence-electron chi connectivity index (χ4n) is 5.83. The van der Waals surface area contributed by atoms with Gasteiger partial charge >= 0.3 is 5.97 Å². The van der Waals surface area contributed by atoms with Gasteiger partial charge in [0.05, 0.1) is 6.54 Å². The van der Waals surface area contributed by atoms with Crippen LogP contribution in [0.3, 0.4) is 0 Å². The molecule has 0 bridgehead atoms. The molecule has 0 heterocycles. The second-order valence-corrected chi connectivity index (χ2v) is 13.2. The molecule has 0 aromatic heterocycles. The van der Waals surface area contributed by atoms with Crippen molar-refractivity contribution in [3.8, 4) is 0 Å². The van der Waals surface area contributed by atoms with Gasteiger partial charge in [0.2, 0.25) is 5.91 Å². The first kappa shape index (κ1) is 34.7. The highest BCUT2D eigenvalue weighted by molar-refractivity contribution is 7.98. The van der Waals surface area contributed by atoms with Crippen LogP contribution in [-0.4, -0.2) is 65.0 Å². The van der Waals surface area contributed by atoms with Gasteiger partial charge in [-0.05, 0) is 70.7 Å². The molecule has 8 heteroatoms. The minimum atomic E-state index is -1.04. The Labute approximate surface area is 276 Å². The highest BCUT2D eigenvalue weighted by Gasteiger charge is 2.25. The number of nitrogens with zero attached hydrogens (tertiary/aromatic N) is 1. The molecule has 0 saturated carbocycles. The van der Waals surface area contributed by atoms with E-state index >= 15 is 0 Å². The minimum Gasteiger partial charge on any atom is -0.480 e. The number of carbonyl (C=O) groups excluding carboxylic acids is 2. The van der Waals surface area contributed by atoms with Crippen molar-refractivity contribution in [2.75, 3.05) is 25.1 Å². The monoisotopic (exact) mass is 639 g/mol. The second kappa shape index (κ2) is 17.5. The molecule has 0 aliphatic heterocycles. The Morgan fingerprint density at radius 1 is 0.826 bits per heavy atom. The maximum Gasteiger partial charge on any atom is 0.326 e. The number of nitrogens with one attached hydrogen (secondary N) is 2. The lowest BCUT2D eigenvalue weighted by Gasteiger charge is -2.30. The summed E-state index contributed by atoms with van der Waals surface area (Å²) in [5.41, 5.74) is 3.78. The number of hydrogen-bond acceptors (Lipinski definition) is 5. The lowest BCUT2D eigenvalue weighted by molar-refractivity contribution is -0.142. The Balaban J connectivity index is 1.58. The van der Waals surface area contributed by atoms with Gasteiger partial charge in [0.1, 0.15) is 6.04 Å². The van der Waals surface area contributed by atoms with Crippen molar-refractivity contribution >= 4 is 40.3 Å². The molecule has 4 rings (SSSR count). The van der Waals surface area contributed by atoms with Crippen LogP contribution in [0.2, 0.25) is 0 Å². The third-order valence-corrected chi connectivity index (χ3v) is 8.60. The number of carboxylic acid groups (broad SMARTS) is 1. The van der Waals surface area contributed by atoms with Gasteiger partial charge in [0, 0.05) is 24.7 Å². The summed E-state index contributed by atoms with van der Waals surface area (Å²) in [7, 11) is 0. The number of aliphatic carboxylic acids is 1. The van der Waals surface area contributed by atoms with Crippen molar-refractivity contribution in [1.82, 2.24) is 15.5 Å². The van der Waals surface area contributed by atoms with Crippen molar-refractivity contribution in [2.45, 2.75) is 51.7 Å². The number of carboxylic acids is 1. The zero-order valence-corrected chi connectivity index (χ0v) is 27.8. The molecule has 46 heavy (non-hydrogen) atoms. The zero-order valence-electron chi connectivity index (χ0n) is 26.9. The highest BCUT2D eigenvalue weighted by atomic mass is 32.2. The Bertz CT molecular complexity index is 1590. The molecule has 4 aromatic carbocycles. The second-order valence-electron chi connectivity index (χ2n) is 12.2. The number of benzene rings is 4. The SMILES string of the molecule is CSCCC(NC(=O)CN(Cc1cccc2ccccc12)CC(CC(C)C)NC(=O)c1ccccc1Cc1ccccc1)C(=O)O. The summed E-state index contributed by atoms with van der Waals surface area (Å²) in [4.78, 5) is 41.1. The standard InChI is InChI=1S/C38H45N3O4S/c1-27(2)22-32(39-37(43)34-19-10-8-15-30(34)23-28-12-5-4-6-13-28)25-41(26-36(42)40-35(38(44)45)20-21-46-3)24-31-17-11-16-29-14-7-9-18-33(29)31/h4-19,27,32,35H,20-26H2,1-3H3,(H,39,43)(H,40,42)(H,44,45). The van der Waals surface area contributed by atoms with E-state index in [2.05, 4.69) is 60.9 Å². The molecule has 3 N–H and O–H groups in total. The molecular formula is C38H45N3O4S. The van der Waals surface area contributed by atoms with Crippen LogP contribution < -0.4 is 10.6 Å². The molecule has 0 radical (unpaired) electrons. The Hall–Kier alpha value is -4.14. The molecule has 0 aliphatic carbocycles. The van der Waals surface area contributed by atoms with Crippen LogP contribution in [-0.2, 0) is 22.6 Å². The number of amides is 2. The van der Waals surface area contributed by atoms with E-state index in [9.17, 15) is 19.5 Å². The van der Waals surface area contributed by atoms with E-state index < -0.39 is 12.0 Å². The maximum atomic E-state index is 13.8. The first-order valence-corrected chi connectivity index (χ1v) is 17.3. The first-order valence-electron chi connectivity index (χ1n) is 15.9. The summed E-state index contributed by atoms with van der Waals surface area (Å²) in [6.45, 7) is 5.12. The average molecular weight is 640 g/mol. The van der Waals surface area contributed by atoms with Gasteiger partial charge in [-0.15, -0.1) is 0 Å². The molecule has 2 unspecified atom stereocenters. The molecule has 2 amide bonds. The third kappa shape index (κ3) is 10.5. The van der Waals surface area contributed by atoms with Gasteiger partial charge in [-0.3, -0.25) is 14.5 Å². The zero-order chi connectivity index (χ0) is 32.9. The van der Waals surface area contributed by atoms with Gasteiger partial charge in [0.15, 0.2) is 0 Å². The molecule has 7 nitrogen and oxygen atoms in total. The van der Waals surface area contributed by atoms with Crippen molar-refractivity contribution in [1.29, 1.82) is 0 Å². The van der Waals surface area contributed by atoms with E-state index in [0.29, 0.717) is 49.6 Å². The van der Waals surface area contributed by atoms with Crippen LogP contribution in [0.15, 0.2) is 97.1 Å². The molecule has 4 aromatic rings. The highest BCUT2D eigenvalue weighted by Crippen LogP contribution is 2.21. The number of hydrogen-bond donors (Lipinski definition) is 3. The van der Waals surface area contributed by atoms with Crippen LogP contribution in [0.25, 0.3) is 10.8 Å².